The molecule has 2 aromatic rings. The molecule has 0 bridgehead atoms. The molecule has 2 atom stereocenters. The summed E-state index contributed by atoms with van der Waals surface area (Å²) in [5, 5.41) is 13.5. The Kier molecular flexibility index (Phi) is 5.31. The maximum Gasteiger partial charge on any atom is 0.123 e. The normalized spacial score (nSPS) is 13.7. The van der Waals surface area contributed by atoms with Crippen LogP contribution in [0, 0.1) is 5.82 Å². The molecule has 21 heavy (non-hydrogen) atoms. The number of aliphatic hydroxyl groups is 1. The SMILES string of the molecule is COc1ccccc1CNC(C)C(O)c1ccc(F)cc1. The molecule has 2 unspecified atom stereocenters. The van der Waals surface area contributed by atoms with E-state index < -0.39 is 6.10 Å². The van der Waals surface area contributed by atoms with E-state index in [9.17, 15) is 9.50 Å². The second-order valence-corrected chi connectivity index (χ2v) is 4.98. The number of halogens is 1. The van der Waals surface area contributed by atoms with Crippen molar-refractivity contribution < 1.29 is 14.2 Å². The molecule has 0 aliphatic rings. The fraction of sp³-hybridized carbons (Fsp3) is 0.294. The van der Waals surface area contributed by atoms with E-state index in [1.165, 1.54) is 12.1 Å². The minimum atomic E-state index is -0.694. The average Bonchev–Trinajstić information content (AvgIpc) is 2.52. The first-order chi connectivity index (χ1) is 10.1. The summed E-state index contributed by atoms with van der Waals surface area (Å²) in [6.45, 7) is 2.48. The molecular formula is C17H20FNO2. The smallest absolute Gasteiger partial charge is 0.123 e. The van der Waals surface area contributed by atoms with Crippen LogP contribution in [0.3, 0.4) is 0 Å². The molecule has 0 saturated carbocycles. The van der Waals surface area contributed by atoms with Crippen LogP contribution in [0.4, 0.5) is 4.39 Å². The van der Waals surface area contributed by atoms with Gasteiger partial charge in [0.1, 0.15) is 11.6 Å². The number of methoxy groups -OCH3 is 1. The standard InChI is InChI=1S/C17H20FNO2/c1-12(17(20)13-7-9-15(18)10-8-13)19-11-14-5-3-4-6-16(14)21-2/h3-10,12,17,19-20H,11H2,1-2H3. The van der Waals surface area contributed by atoms with Crippen LogP contribution in [0.5, 0.6) is 5.75 Å². The predicted molar refractivity (Wildman–Crippen MR) is 80.7 cm³/mol. The van der Waals surface area contributed by atoms with E-state index in [0.717, 1.165) is 11.3 Å². The van der Waals surface area contributed by atoms with Crippen molar-refractivity contribution in [3.05, 3.63) is 65.5 Å². The molecule has 112 valence electrons. The van der Waals surface area contributed by atoms with Crippen molar-refractivity contribution in [3.8, 4) is 5.75 Å². The summed E-state index contributed by atoms with van der Waals surface area (Å²) in [6, 6.07) is 13.5. The third-order valence-electron chi connectivity index (χ3n) is 3.49. The molecule has 0 fully saturated rings. The summed E-state index contributed by atoms with van der Waals surface area (Å²) in [7, 11) is 1.63. The van der Waals surface area contributed by atoms with Gasteiger partial charge in [0.05, 0.1) is 13.2 Å². The van der Waals surface area contributed by atoms with E-state index in [-0.39, 0.29) is 11.9 Å². The lowest BCUT2D eigenvalue weighted by Gasteiger charge is -2.21. The Morgan fingerprint density at radius 3 is 2.48 bits per heavy atom. The van der Waals surface area contributed by atoms with Gasteiger partial charge in [0.15, 0.2) is 0 Å². The third kappa shape index (κ3) is 4.03. The number of hydrogen-bond donors (Lipinski definition) is 2. The minimum absolute atomic E-state index is 0.166. The summed E-state index contributed by atoms with van der Waals surface area (Å²) in [5.41, 5.74) is 1.72. The van der Waals surface area contributed by atoms with Crippen molar-refractivity contribution in [2.75, 3.05) is 7.11 Å². The Bertz CT molecular complexity index is 571. The summed E-state index contributed by atoms with van der Waals surface area (Å²) < 4.78 is 18.2. The number of hydrogen-bond acceptors (Lipinski definition) is 3. The first kappa shape index (κ1) is 15.5. The second-order valence-electron chi connectivity index (χ2n) is 4.98. The predicted octanol–water partition coefficient (Wildman–Crippen LogP) is 3.05. The van der Waals surface area contributed by atoms with Gasteiger partial charge in [0, 0.05) is 18.2 Å². The Balaban J connectivity index is 1.97. The highest BCUT2D eigenvalue weighted by Crippen LogP contribution is 2.20. The molecule has 2 rings (SSSR count). The second kappa shape index (κ2) is 7.20. The largest absolute Gasteiger partial charge is 0.496 e. The zero-order chi connectivity index (χ0) is 15.2. The molecule has 0 heterocycles. The number of ether oxygens (including phenoxy) is 1. The Morgan fingerprint density at radius 2 is 1.81 bits per heavy atom. The van der Waals surface area contributed by atoms with E-state index in [2.05, 4.69) is 5.32 Å². The molecule has 3 nitrogen and oxygen atoms in total. The van der Waals surface area contributed by atoms with Crippen LogP contribution >= 0.6 is 0 Å². The Hall–Kier alpha value is -1.91. The van der Waals surface area contributed by atoms with Gasteiger partial charge in [-0.25, -0.2) is 4.39 Å². The van der Waals surface area contributed by atoms with E-state index in [1.54, 1.807) is 19.2 Å². The molecule has 0 aliphatic carbocycles. The van der Waals surface area contributed by atoms with Crippen LogP contribution in [-0.4, -0.2) is 18.3 Å². The van der Waals surface area contributed by atoms with Gasteiger partial charge < -0.3 is 15.2 Å². The summed E-state index contributed by atoms with van der Waals surface area (Å²) in [5.74, 6) is 0.508. The van der Waals surface area contributed by atoms with Crippen LogP contribution in [0.15, 0.2) is 48.5 Å². The maximum absolute atomic E-state index is 12.9. The number of para-hydroxylation sites is 1. The molecule has 2 N–H and O–H groups in total. The third-order valence-corrected chi connectivity index (χ3v) is 3.49. The molecule has 0 saturated heterocycles. The van der Waals surface area contributed by atoms with Crippen LogP contribution in [0.25, 0.3) is 0 Å². The van der Waals surface area contributed by atoms with Crippen LogP contribution in [-0.2, 0) is 6.54 Å². The lowest BCUT2D eigenvalue weighted by atomic mass is 10.0. The molecule has 0 aromatic heterocycles. The molecule has 0 spiro atoms. The van der Waals surface area contributed by atoms with Crippen LogP contribution in [0.1, 0.15) is 24.2 Å². The van der Waals surface area contributed by atoms with Crippen molar-refractivity contribution in [2.45, 2.75) is 25.6 Å². The zero-order valence-corrected chi connectivity index (χ0v) is 12.2. The fourth-order valence-corrected chi connectivity index (χ4v) is 2.18. The summed E-state index contributed by atoms with van der Waals surface area (Å²) in [6.07, 6.45) is -0.694. The minimum Gasteiger partial charge on any atom is -0.496 e. The quantitative estimate of drug-likeness (QED) is 0.859. The van der Waals surface area contributed by atoms with Gasteiger partial charge in [-0.3, -0.25) is 0 Å². The van der Waals surface area contributed by atoms with Crippen LogP contribution in [0.2, 0.25) is 0 Å². The van der Waals surface area contributed by atoms with Crippen molar-refractivity contribution >= 4 is 0 Å². The van der Waals surface area contributed by atoms with Gasteiger partial charge in [0.2, 0.25) is 0 Å². The first-order valence-electron chi connectivity index (χ1n) is 6.90. The topological polar surface area (TPSA) is 41.5 Å². The van der Waals surface area contributed by atoms with E-state index >= 15 is 0 Å². The number of nitrogens with one attached hydrogen (secondary N) is 1. The molecule has 4 heteroatoms. The van der Waals surface area contributed by atoms with Gasteiger partial charge in [-0.15, -0.1) is 0 Å². The molecule has 2 aromatic carbocycles. The molecule has 0 aliphatic heterocycles. The lowest BCUT2D eigenvalue weighted by molar-refractivity contribution is 0.135. The van der Waals surface area contributed by atoms with E-state index in [0.29, 0.717) is 12.1 Å². The van der Waals surface area contributed by atoms with E-state index in [4.69, 9.17) is 4.74 Å². The number of rotatable bonds is 6. The van der Waals surface area contributed by atoms with Gasteiger partial charge in [-0.05, 0) is 30.7 Å². The summed E-state index contributed by atoms with van der Waals surface area (Å²) >= 11 is 0. The van der Waals surface area contributed by atoms with Crippen molar-refractivity contribution in [1.29, 1.82) is 0 Å². The Labute approximate surface area is 124 Å². The molecular weight excluding hydrogens is 269 g/mol. The number of benzene rings is 2. The summed E-state index contributed by atoms with van der Waals surface area (Å²) in [4.78, 5) is 0. The number of aliphatic hydroxyl groups excluding tert-OH is 1. The van der Waals surface area contributed by atoms with Gasteiger partial charge in [-0.1, -0.05) is 30.3 Å². The van der Waals surface area contributed by atoms with Crippen molar-refractivity contribution in [2.24, 2.45) is 0 Å². The Morgan fingerprint density at radius 1 is 1.14 bits per heavy atom. The highest BCUT2D eigenvalue weighted by Gasteiger charge is 2.16. The van der Waals surface area contributed by atoms with Gasteiger partial charge in [0.25, 0.3) is 0 Å². The van der Waals surface area contributed by atoms with Crippen molar-refractivity contribution in [3.63, 3.8) is 0 Å². The van der Waals surface area contributed by atoms with Gasteiger partial charge in [-0.2, -0.15) is 0 Å². The molecule has 0 amide bonds. The zero-order valence-electron chi connectivity index (χ0n) is 12.2. The lowest BCUT2D eigenvalue weighted by Crippen LogP contribution is -2.31. The fourth-order valence-electron chi connectivity index (χ4n) is 2.18. The van der Waals surface area contributed by atoms with Crippen molar-refractivity contribution in [1.82, 2.24) is 5.32 Å². The van der Waals surface area contributed by atoms with Gasteiger partial charge >= 0.3 is 0 Å². The van der Waals surface area contributed by atoms with E-state index in [1.807, 2.05) is 31.2 Å². The first-order valence-corrected chi connectivity index (χ1v) is 6.90. The highest BCUT2D eigenvalue weighted by molar-refractivity contribution is 5.33. The monoisotopic (exact) mass is 289 g/mol. The highest BCUT2D eigenvalue weighted by atomic mass is 19.1. The molecule has 0 radical (unpaired) electrons. The average molecular weight is 289 g/mol. The van der Waals surface area contributed by atoms with Crippen LogP contribution < -0.4 is 10.1 Å². The maximum atomic E-state index is 12.9.